The van der Waals surface area contributed by atoms with Crippen LogP contribution >= 0.6 is 0 Å². The zero-order valence-corrected chi connectivity index (χ0v) is 13.8. The molecule has 3 heteroatoms. The normalized spacial score (nSPS) is 17.2. The molecule has 2 atom stereocenters. The standard InChI is InChI=1S/C16H34O3/c1-7-10-16(8-2,12-18-9-3)13-19-14(4)11-15(5,6)17/h14,17H,7-13H2,1-6H3. The third-order valence-electron chi connectivity index (χ3n) is 3.60. The predicted molar refractivity (Wildman–Crippen MR) is 80.5 cm³/mol. The van der Waals surface area contributed by atoms with Crippen molar-refractivity contribution >= 4 is 0 Å². The van der Waals surface area contributed by atoms with Crippen LogP contribution in [0.15, 0.2) is 0 Å². The van der Waals surface area contributed by atoms with E-state index in [4.69, 9.17) is 9.47 Å². The van der Waals surface area contributed by atoms with Crippen LogP contribution in [0.1, 0.15) is 67.2 Å². The average molecular weight is 274 g/mol. The number of rotatable bonds is 11. The third-order valence-corrected chi connectivity index (χ3v) is 3.60. The Morgan fingerprint density at radius 2 is 1.74 bits per heavy atom. The van der Waals surface area contributed by atoms with Crippen molar-refractivity contribution in [3.05, 3.63) is 0 Å². The molecule has 0 aromatic heterocycles. The second-order valence-electron chi connectivity index (χ2n) is 6.38. The van der Waals surface area contributed by atoms with Gasteiger partial charge in [-0.2, -0.15) is 0 Å². The maximum Gasteiger partial charge on any atom is 0.0616 e. The summed E-state index contributed by atoms with van der Waals surface area (Å²) in [5, 5.41) is 9.81. The lowest BCUT2D eigenvalue weighted by Gasteiger charge is -2.34. The van der Waals surface area contributed by atoms with Gasteiger partial charge in [0.25, 0.3) is 0 Å². The Morgan fingerprint density at radius 3 is 2.16 bits per heavy atom. The Morgan fingerprint density at radius 1 is 1.11 bits per heavy atom. The van der Waals surface area contributed by atoms with E-state index in [-0.39, 0.29) is 11.5 Å². The van der Waals surface area contributed by atoms with Gasteiger partial charge in [0, 0.05) is 18.4 Å². The Labute approximate surface area is 119 Å². The Hall–Kier alpha value is -0.120. The van der Waals surface area contributed by atoms with E-state index < -0.39 is 5.60 Å². The molecular weight excluding hydrogens is 240 g/mol. The van der Waals surface area contributed by atoms with Gasteiger partial charge in [-0.15, -0.1) is 0 Å². The van der Waals surface area contributed by atoms with Gasteiger partial charge in [0.05, 0.1) is 24.9 Å². The zero-order chi connectivity index (χ0) is 14.9. The van der Waals surface area contributed by atoms with Crippen LogP contribution < -0.4 is 0 Å². The molecule has 0 heterocycles. The van der Waals surface area contributed by atoms with Crippen molar-refractivity contribution in [3.8, 4) is 0 Å². The molecule has 0 aromatic carbocycles. The van der Waals surface area contributed by atoms with Gasteiger partial charge < -0.3 is 14.6 Å². The van der Waals surface area contributed by atoms with Crippen LogP contribution in [0, 0.1) is 5.41 Å². The zero-order valence-electron chi connectivity index (χ0n) is 13.8. The molecule has 3 nitrogen and oxygen atoms in total. The lowest BCUT2D eigenvalue weighted by molar-refractivity contribution is -0.0710. The van der Waals surface area contributed by atoms with E-state index in [2.05, 4.69) is 13.8 Å². The van der Waals surface area contributed by atoms with Crippen molar-refractivity contribution in [2.75, 3.05) is 19.8 Å². The van der Waals surface area contributed by atoms with Crippen LogP contribution in [0.5, 0.6) is 0 Å². The van der Waals surface area contributed by atoms with Crippen LogP contribution in [-0.2, 0) is 9.47 Å². The highest BCUT2D eigenvalue weighted by molar-refractivity contribution is 4.78. The molecule has 0 aliphatic rings. The van der Waals surface area contributed by atoms with E-state index in [9.17, 15) is 5.11 Å². The fourth-order valence-electron chi connectivity index (χ4n) is 2.50. The number of ether oxygens (including phenoxy) is 2. The highest BCUT2D eigenvalue weighted by Gasteiger charge is 2.29. The molecule has 0 fully saturated rings. The van der Waals surface area contributed by atoms with Crippen LogP contribution in [0.4, 0.5) is 0 Å². The highest BCUT2D eigenvalue weighted by Crippen LogP contribution is 2.30. The van der Waals surface area contributed by atoms with Crippen molar-refractivity contribution in [3.63, 3.8) is 0 Å². The molecule has 0 saturated heterocycles. The second-order valence-corrected chi connectivity index (χ2v) is 6.38. The first-order valence-corrected chi connectivity index (χ1v) is 7.70. The lowest BCUT2D eigenvalue weighted by atomic mass is 9.82. The van der Waals surface area contributed by atoms with Gasteiger partial charge in [-0.05, 0) is 40.5 Å². The molecule has 2 unspecified atom stereocenters. The number of hydrogen-bond donors (Lipinski definition) is 1. The van der Waals surface area contributed by atoms with Gasteiger partial charge in [-0.3, -0.25) is 0 Å². The van der Waals surface area contributed by atoms with Crippen LogP contribution in [0.3, 0.4) is 0 Å². The minimum atomic E-state index is -0.668. The lowest BCUT2D eigenvalue weighted by Crippen LogP contribution is -2.35. The summed E-state index contributed by atoms with van der Waals surface area (Å²) >= 11 is 0. The fraction of sp³-hybridized carbons (Fsp3) is 1.00. The van der Waals surface area contributed by atoms with E-state index in [0.29, 0.717) is 13.0 Å². The number of hydrogen-bond acceptors (Lipinski definition) is 3. The molecule has 0 bridgehead atoms. The summed E-state index contributed by atoms with van der Waals surface area (Å²) in [4.78, 5) is 0. The molecule has 0 radical (unpaired) electrons. The van der Waals surface area contributed by atoms with Crippen molar-refractivity contribution < 1.29 is 14.6 Å². The largest absolute Gasteiger partial charge is 0.390 e. The molecule has 0 rings (SSSR count). The fourth-order valence-corrected chi connectivity index (χ4v) is 2.50. The van der Waals surface area contributed by atoms with E-state index in [0.717, 1.165) is 32.5 Å². The first kappa shape index (κ1) is 18.9. The summed E-state index contributed by atoms with van der Waals surface area (Å²) in [6, 6.07) is 0. The van der Waals surface area contributed by atoms with Crippen molar-refractivity contribution in [2.45, 2.75) is 78.9 Å². The Balaban J connectivity index is 4.38. The Kier molecular flexibility index (Phi) is 8.88. The summed E-state index contributed by atoms with van der Waals surface area (Å²) in [5.41, 5.74) is -0.544. The summed E-state index contributed by atoms with van der Waals surface area (Å²) < 4.78 is 11.6. The van der Waals surface area contributed by atoms with Crippen molar-refractivity contribution in [1.82, 2.24) is 0 Å². The van der Waals surface area contributed by atoms with Gasteiger partial charge in [-0.25, -0.2) is 0 Å². The second kappa shape index (κ2) is 8.93. The molecule has 0 saturated carbocycles. The van der Waals surface area contributed by atoms with Crippen LogP contribution in [0.2, 0.25) is 0 Å². The van der Waals surface area contributed by atoms with Crippen molar-refractivity contribution in [2.24, 2.45) is 5.41 Å². The topological polar surface area (TPSA) is 38.7 Å². The predicted octanol–water partition coefficient (Wildman–Crippen LogP) is 3.79. The smallest absolute Gasteiger partial charge is 0.0616 e. The summed E-state index contributed by atoms with van der Waals surface area (Å²) in [6.45, 7) is 14.4. The quantitative estimate of drug-likeness (QED) is 0.623. The van der Waals surface area contributed by atoms with Gasteiger partial charge in [0.15, 0.2) is 0 Å². The van der Waals surface area contributed by atoms with Crippen LogP contribution in [-0.4, -0.2) is 36.6 Å². The number of aliphatic hydroxyl groups is 1. The monoisotopic (exact) mass is 274 g/mol. The minimum Gasteiger partial charge on any atom is -0.390 e. The molecular formula is C16H34O3. The van der Waals surface area contributed by atoms with E-state index in [1.165, 1.54) is 0 Å². The van der Waals surface area contributed by atoms with Gasteiger partial charge in [0.2, 0.25) is 0 Å². The minimum absolute atomic E-state index is 0.0735. The SMILES string of the molecule is CCCC(CC)(COCC)COC(C)CC(C)(C)O. The Bertz CT molecular complexity index is 223. The van der Waals surface area contributed by atoms with Gasteiger partial charge in [0.1, 0.15) is 0 Å². The molecule has 0 amide bonds. The van der Waals surface area contributed by atoms with E-state index in [1.54, 1.807) is 0 Å². The van der Waals surface area contributed by atoms with E-state index >= 15 is 0 Å². The van der Waals surface area contributed by atoms with Crippen molar-refractivity contribution in [1.29, 1.82) is 0 Å². The third kappa shape index (κ3) is 8.61. The molecule has 19 heavy (non-hydrogen) atoms. The first-order chi connectivity index (χ1) is 8.78. The molecule has 1 N–H and O–H groups in total. The van der Waals surface area contributed by atoms with Gasteiger partial charge >= 0.3 is 0 Å². The maximum absolute atomic E-state index is 9.81. The van der Waals surface area contributed by atoms with Gasteiger partial charge in [-0.1, -0.05) is 20.3 Å². The summed E-state index contributed by atoms with van der Waals surface area (Å²) in [6.07, 6.45) is 4.07. The molecule has 116 valence electrons. The van der Waals surface area contributed by atoms with E-state index in [1.807, 2.05) is 27.7 Å². The average Bonchev–Trinajstić information content (AvgIpc) is 2.31. The highest BCUT2D eigenvalue weighted by atomic mass is 16.5. The van der Waals surface area contributed by atoms with Crippen LogP contribution in [0.25, 0.3) is 0 Å². The first-order valence-electron chi connectivity index (χ1n) is 7.70. The molecule has 0 spiro atoms. The molecule has 0 aliphatic heterocycles. The molecule has 0 aromatic rings. The maximum atomic E-state index is 9.81. The summed E-state index contributed by atoms with van der Waals surface area (Å²) in [7, 11) is 0. The molecule has 0 aliphatic carbocycles. The summed E-state index contributed by atoms with van der Waals surface area (Å²) in [5.74, 6) is 0.